The molecule has 3 aliphatic rings. The summed E-state index contributed by atoms with van der Waals surface area (Å²) < 4.78 is 26.4. The first-order valence-electron chi connectivity index (χ1n) is 9.46. The molecule has 5 rings (SSSR count). The monoisotopic (exact) mass is 397 g/mol. The summed E-state index contributed by atoms with van der Waals surface area (Å²) in [5, 5.41) is 4.09. The molecule has 2 aromatic heterocycles. The van der Waals surface area contributed by atoms with E-state index in [1.165, 1.54) is 0 Å². The number of halogens is 2. The predicted molar refractivity (Wildman–Crippen MR) is 108 cm³/mol. The van der Waals surface area contributed by atoms with Crippen LogP contribution in [0.4, 0.5) is 26.1 Å². The quantitative estimate of drug-likeness (QED) is 0.574. The highest BCUT2D eigenvalue weighted by Gasteiger charge is 2.55. The minimum atomic E-state index is -2.82. The summed E-state index contributed by atoms with van der Waals surface area (Å²) in [4.78, 5) is 13.4. The van der Waals surface area contributed by atoms with E-state index in [-0.39, 0.29) is 12.6 Å². The van der Waals surface area contributed by atoms with Crippen molar-refractivity contribution in [2.75, 3.05) is 34.8 Å². The summed E-state index contributed by atoms with van der Waals surface area (Å²) in [6.07, 6.45) is 2.69. The lowest BCUT2D eigenvalue weighted by molar-refractivity contribution is 0.0425. The van der Waals surface area contributed by atoms with Gasteiger partial charge in [0.25, 0.3) is 0 Å². The Labute approximate surface area is 167 Å². The van der Waals surface area contributed by atoms with Crippen LogP contribution in [-0.4, -0.2) is 46.7 Å². The molecule has 2 atom stereocenters. The summed E-state index contributed by atoms with van der Waals surface area (Å²) in [5.41, 5.74) is 4.48. The first kappa shape index (κ1) is 17.9. The first-order valence-corrected chi connectivity index (χ1v) is 9.46. The summed E-state index contributed by atoms with van der Waals surface area (Å²) in [6, 6.07) is 6.80. The number of hydrogen-bond acceptors (Lipinski definition) is 7. The number of nitrogens with one attached hydrogen (secondary N) is 2. The largest absolute Gasteiger partial charge is 0.366 e. The molecular weight excluding hydrogens is 376 g/mol. The third kappa shape index (κ3) is 3.17. The molecule has 2 bridgehead atoms. The highest BCUT2D eigenvalue weighted by molar-refractivity contribution is 5.77. The zero-order valence-corrected chi connectivity index (χ0v) is 15.8. The van der Waals surface area contributed by atoms with Gasteiger partial charge in [-0.1, -0.05) is 19.2 Å². The fourth-order valence-electron chi connectivity index (χ4n) is 3.87. The third-order valence-corrected chi connectivity index (χ3v) is 5.40. The second-order valence-electron chi connectivity index (χ2n) is 7.43. The molecule has 3 aliphatic heterocycles. The summed E-state index contributed by atoms with van der Waals surface area (Å²) in [6.45, 7) is 9.59. The minimum Gasteiger partial charge on any atom is -0.366 e. The Morgan fingerprint density at radius 1 is 1.21 bits per heavy atom. The van der Waals surface area contributed by atoms with E-state index in [1.807, 2.05) is 30.3 Å². The molecule has 29 heavy (non-hydrogen) atoms. The van der Waals surface area contributed by atoms with Crippen molar-refractivity contribution in [3.05, 3.63) is 61.2 Å². The number of alkyl halides is 2. The molecule has 9 heteroatoms. The van der Waals surface area contributed by atoms with Gasteiger partial charge in [-0.05, 0) is 30.7 Å². The molecule has 150 valence electrons. The standard InChI is InChI=1S/C20H21F2N7/c1-13(26-28-12-20(28,21)22)16-6-7-17-19(25-16)29(15-8-10-27(17)11-15)14(2)24-18-5-3-4-9-23-18/h3-7,9,15,26H,1-2,8,10-12H2,(H,23,24). The van der Waals surface area contributed by atoms with Gasteiger partial charge in [0.15, 0.2) is 5.82 Å². The van der Waals surface area contributed by atoms with Gasteiger partial charge in [-0.15, -0.1) is 0 Å². The fourth-order valence-corrected chi connectivity index (χ4v) is 3.87. The number of hydrazine groups is 1. The Kier molecular flexibility index (Phi) is 3.95. The molecule has 0 amide bonds. The Morgan fingerprint density at radius 2 is 2.03 bits per heavy atom. The average Bonchev–Trinajstić information content (AvgIpc) is 3.09. The van der Waals surface area contributed by atoms with E-state index in [0.29, 0.717) is 23.0 Å². The van der Waals surface area contributed by atoms with Gasteiger partial charge in [0.1, 0.15) is 18.2 Å². The van der Waals surface area contributed by atoms with Crippen LogP contribution in [0.5, 0.6) is 0 Å². The van der Waals surface area contributed by atoms with E-state index >= 15 is 0 Å². The van der Waals surface area contributed by atoms with Crippen molar-refractivity contribution in [1.82, 2.24) is 20.4 Å². The van der Waals surface area contributed by atoms with Gasteiger partial charge in [-0.25, -0.2) is 9.97 Å². The molecule has 2 fully saturated rings. The molecule has 0 radical (unpaired) electrons. The molecule has 0 spiro atoms. The maximum Gasteiger partial charge on any atom is 0.335 e. The van der Waals surface area contributed by atoms with Gasteiger partial charge >= 0.3 is 6.05 Å². The number of nitrogens with zero attached hydrogens (tertiary/aromatic N) is 5. The molecule has 7 nitrogen and oxygen atoms in total. The van der Waals surface area contributed by atoms with Crippen LogP contribution in [0.1, 0.15) is 12.1 Å². The summed E-state index contributed by atoms with van der Waals surface area (Å²) >= 11 is 0. The van der Waals surface area contributed by atoms with Gasteiger partial charge in [0.2, 0.25) is 0 Å². The molecule has 2 saturated heterocycles. The molecule has 2 aromatic rings. The lowest BCUT2D eigenvalue weighted by atomic mass is 10.1. The van der Waals surface area contributed by atoms with Crippen LogP contribution in [0.25, 0.3) is 5.70 Å². The van der Waals surface area contributed by atoms with Crippen molar-refractivity contribution in [2.24, 2.45) is 0 Å². The molecule has 2 unspecified atom stereocenters. The normalized spacial score (nSPS) is 23.4. The Balaban J connectivity index is 1.44. The van der Waals surface area contributed by atoms with Crippen molar-refractivity contribution < 1.29 is 8.78 Å². The van der Waals surface area contributed by atoms with Crippen LogP contribution in [0.3, 0.4) is 0 Å². The minimum absolute atomic E-state index is 0.228. The van der Waals surface area contributed by atoms with Crippen LogP contribution in [-0.2, 0) is 0 Å². The fraction of sp³-hybridized carbons (Fsp3) is 0.300. The van der Waals surface area contributed by atoms with E-state index in [9.17, 15) is 8.78 Å². The second-order valence-corrected chi connectivity index (χ2v) is 7.43. The predicted octanol–water partition coefficient (Wildman–Crippen LogP) is 2.84. The Morgan fingerprint density at radius 3 is 2.76 bits per heavy atom. The van der Waals surface area contributed by atoms with Crippen molar-refractivity contribution in [3.63, 3.8) is 0 Å². The van der Waals surface area contributed by atoms with Gasteiger partial charge in [-0.3, -0.25) is 0 Å². The topological polar surface area (TPSA) is 59.3 Å². The Hall–Kier alpha value is -3.20. The first-order chi connectivity index (χ1) is 13.9. The number of fused-ring (bicyclic) bond motifs is 4. The van der Waals surface area contributed by atoms with Gasteiger partial charge in [-0.2, -0.15) is 13.8 Å². The van der Waals surface area contributed by atoms with Crippen LogP contribution < -0.4 is 20.5 Å². The van der Waals surface area contributed by atoms with E-state index < -0.39 is 6.05 Å². The summed E-state index contributed by atoms with van der Waals surface area (Å²) in [7, 11) is 0. The lowest BCUT2D eigenvalue weighted by Gasteiger charge is -2.38. The van der Waals surface area contributed by atoms with Gasteiger partial charge in [0, 0.05) is 19.3 Å². The number of rotatable bonds is 6. The van der Waals surface area contributed by atoms with Crippen molar-refractivity contribution in [2.45, 2.75) is 18.5 Å². The van der Waals surface area contributed by atoms with Crippen molar-refractivity contribution >= 4 is 23.0 Å². The molecule has 0 aliphatic carbocycles. The van der Waals surface area contributed by atoms with Crippen LogP contribution in [0.2, 0.25) is 0 Å². The van der Waals surface area contributed by atoms with Crippen LogP contribution in [0.15, 0.2) is 55.5 Å². The van der Waals surface area contributed by atoms with Gasteiger partial charge < -0.3 is 20.5 Å². The highest BCUT2D eigenvalue weighted by atomic mass is 19.3. The van der Waals surface area contributed by atoms with Crippen molar-refractivity contribution in [1.29, 1.82) is 0 Å². The maximum absolute atomic E-state index is 13.2. The number of anilines is 3. The molecule has 0 saturated carbocycles. The Bertz CT molecular complexity index is 978. The average molecular weight is 397 g/mol. The van der Waals surface area contributed by atoms with Crippen LogP contribution in [0, 0.1) is 0 Å². The molecule has 2 N–H and O–H groups in total. The molecule has 0 aromatic carbocycles. The van der Waals surface area contributed by atoms with E-state index in [4.69, 9.17) is 4.98 Å². The third-order valence-electron chi connectivity index (χ3n) is 5.40. The number of pyridine rings is 2. The highest BCUT2D eigenvalue weighted by Crippen LogP contribution is 2.41. The van der Waals surface area contributed by atoms with E-state index in [2.05, 4.69) is 38.7 Å². The number of hydrogen-bond donors (Lipinski definition) is 2. The maximum atomic E-state index is 13.2. The summed E-state index contributed by atoms with van der Waals surface area (Å²) in [5.74, 6) is 2.12. The SMILES string of the molecule is C=C(NN1CC1(F)F)c1ccc2c(n1)N(C(=C)Nc1ccccn1)C1CCN2C1. The van der Waals surface area contributed by atoms with Crippen LogP contribution >= 0.6 is 0 Å². The zero-order valence-electron chi connectivity index (χ0n) is 15.8. The number of aromatic nitrogens is 2. The van der Waals surface area contributed by atoms with E-state index in [0.717, 1.165) is 36.0 Å². The lowest BCUT2D eigenvalue weighted by Crippen LogP contribution is -2.43. The smallest absolute Gasteiger partial charge is 0.335 e. The van der Waals surface area contributed by atoms with Gasteiger partial charge in [0.05, 0.1) is 23.1 Å². The second kappa shape index (κ2) is 6.41. The zero-order chi connectivity index (χ0) is 20.2. The molecular formula is C20H21F2N7. The molecule has 5 heterocycles. The van der Waals surface area contributed by atoms with E-state index in [1.54, 1.807) is 6.20 Å². The van der Waals surface area contributed by atoms with Crippen molar-refractivity contribution in [3.8, 4) is 0 Å².